The zero-order valence-electron chi connectivity index (χ0n) is 17.4. The van der Waals surface area contributed by atoms with Gasteiger partial charge in [-0.3, -0.25) is 24.6 Å². The van der Waals surface area contributed by atoms with Crippen LogP contribution in [0.1, 0.15) is 66.4 Å². The minimum Gasteiger partial charge on any atom is -0.322 e. The van der Waals surface area contributed by atoms with Gasteiger partial charge in [-0.2, -0.15) is 0 Å². The van der Waals surface area contributed by atoms with Crippen molar-refractivity contribution in [3.63, 3.8) is 0 Å². The van der Waals surface area contributed by atoms with Gasteiger partial charge >= 0.3 is 0 Å². The summed E-state index contributed by atoms with van der Waals surface area (Å²) in [6.07, 6.45) is 7.04. The number of piperidine rings is 3. The molecule has 7 nitrogen and oxygen atoms in total. The molecule has 2 atom stereocenters. The first-order valence-electron chi connectivity index (χ1n) is 11.3. The average molecular weight is 411 g/mol. The Labute approximate surface area is 177 Å². The van der Waals surface area contributed by atoms with Crippen LogP contribution in [0.5, 0.6) is 0 Å². The molecule has 0 bridgehead atoms. The van der Waals surface area contributed by atoms with Crippen molar-refractivity contribution in [2.75, 3.05) is 19.6 Å². The summed E-state index contributed by atoms with van der Waals surface area (Å²) >= 11 is 0. The van der Waals surface area contributed by atoms with Crippen LogP contribution in [0, 0.1) is 0 Å². The number of nitrogens with one attached hydrogen (secondary N) is 2. The van der Waals surface area contributed by atoms with Gasteiger partial charge in [-0.15, -0.1) is 0 Å². The van der Waals surface area contributed by atoms with Crippen LogP contribution in [0.15, 0.2) is 18.2 Å². The van der Waals surface area contributed by atoms with Gasteiger partial charge in [0.1, 0.15) is 6.04 Å². The Morgan fingerprint density at radius 1 is 1.10 bits per heavy atom. The maximum Gasteiger partial charge on any atom is 0.255 e. The molecule has 4 aliphatic rings. The van der Waals surface area contributed by atoms with E-state index in [1.807, 2.05) is 6.07 Å². The Morgan fingerprint density at radius 3 is 2.77 bits per heavy atom. The van der Waals surface area contributed by atoms with E-state index < -0.39 is 6.04 Å². The van der Waals surface area contributed by atoms with Crippen LogP contribution in [0.4, 0.5) is 0 Å². The van der Waals surface area contributed by atoms with E-state index in [4.69, 9.17) is 0 Å². The van der Waals surface area contributed by atoms with Crippen molar-refractivity contribution >= 4 is 17.7 Å². The molecule has 0 radical (unpaired) electrons. The van der Waals surface area contributed by atoms with E-state index in [1.54, 1.807) is 4.90 Å². The Morgan fingerprint density at radius 2 is 1.97 bits per heavy atom. The molecule has 4 aliphatic heterocycles. The molecule has 3 saturated heterocycles. The number of nitrogens with zero attached hydrogens (tertiary/aromatic N) is 2. The normalized spacial score (nSPS) is 29.9. The first kappa shape index (κ1) is 19.7. The van der Waals surface area contributed by atoms with Gasteiger partial charge in [0.05, 0.1) is 0 Å². The molecule has 1 aromatic carbocycles. The topological polar surface area (TPSA) is 81.8 Å². The van der Waals surface area contributed by atoms with Gasteiger partial charge in [0.2, 0.25) is 11.8 Å². The van der Waals surface area contributed by atoms with Crippen molar-refractivity contribution in [2.45, 2.75) is 69.6 Å². The maximum absolute atomic E-state index is 12.9. The van der Waals surface area contributed by atoms with E-state index in [-0.39, 0.29) is 29.7 Å². The second-order valence-electron chi connectivity index (χ2n) is 9.37. The fourth-order valence-electron chi connectivity index (χ4n) is 5.73. The number of hydrogen-bond donors (Lipinski definition) is 2. The smallest absolute Gasteiger partial charge is 0.255 e. The van der Waals surface area contributed by atoms with Crippen LogP contribution in [0.3, 0.4) is 0 Å². The summed E-state index contributed by atoms with van der Waals surface area (Å²) in [6, 6.07) is 5.55. The monoisotopic (exact) mass is 410 g/mol. The van der Waals surface area contributed by atoms with E-state index in [9.17, 15) is 14.4 Å². The van der Waals surface area contributed by atoms with E-state index in [1.165, 1.54) is 37.7 Å². The van der Waals surface area contributed by atoms with Crippen molar-refractivity contribution in [2.24, 2.45) is 0 Å². The van der Waals surface area contributed by atoms with Crippen molar-refractivity contribution in [3.8, 4) is 0 Å². The van der Waals surface area contributed by atoms with Crippen molar-refractivity contribution in [3.05, 3.63) is 34.9 Å². The van der Waals surface area contributed by atoms with Crippen molar-refractivity contribution < 1.29 is 14.4 Å². The molecule has 0 aromatic heterocycles. The molecule has 1 aromatic rings. The maximum atomic E-state index is 12.9. The van der Waals surface area contributed by atoms with Gasteiger partial charge in [-0.1, -0.05) is 18.6 Å². The van der Waals surface area contributed by atoms with Crippen LogP contribution < -0.4 is 10.6 Å². The largest absolute Gasteiger partial charge is 0.322 e. The third-order valence-corrected chi connectivity index (χ3v) is 7.23. The van der Waals surface area contributed by atoms with E-state index >= 15 is 0 Å². The number of amides is 3. The average Bonchev–Trinajstić information content (AvgIpc) is 3.04. The minimum atomic E-state index is -0.551. The van der Waals surface area contributed by atoms with E-state index in [0.717, 1.165) is 31.7 Å². The van der Waals surface area contributed by atoms with Crippen molar-refractivity contribution in [1.29, 1.82) is 0 Å². The molecule has 7 heteroatoms. The zero-order valence-corrected chi connectivity index (χ0v) is 17.4. The fraction of sp³-hybridized carbons (Fsp3) is 0.609. The summed E-state index contributed by atoms with van der Waals surface area (Å²) in [5.41, 5.74) is 3.18. The highest BCUT2D eigenvalue weighted by molar-refractivity contribution is 6.05. The summed E-state index contributed by atoms with van der Waals surface area (Å²) in [5.74, 6) is -0.713. The molecule has 2 N–H and O–H groups in total. The number of benzene rings is 1. The SMILES string of the molecule is O=C1CCC(N2Cc3cc(CN4CCCC5(CCCCN5)C4)ccc3C2=O)C(=O)N1. The van der Waals surface area contributed by atoms with E-state index in [0.29, 0.717) is 18.5 Å². The lowest BCUT2D eigenvalue weighted by atomic mass is 9.81. The van der Waals surface area contributed by atoms with Crippen LogP contribution in [-0.4, -0.2) is 58.7 Å². The summed E-state index contributed by atoms with van der Waals surface area (Å²) in [4.78, 5) is 40.7. The third-order valence-electron chi connectivity index (χ3n) is 7.23. The molecule has 1 spiro atoms. The Balaban J connectivity index is 1.27. The third kappa shape index (κ3) is 3.65. The summed E-state index contributed by atoms with van der Waals surface area (Å²) in [7, 11) is 0. The van der Waals surface area contributed by atoms with Gasteiger partial charge in [0.15, 0.2) is 0 Å². The number of hydrogen-bond acceptors (Lipinski definition) is 5. The van der Waals surface area contributed by atoms with E-state index in [2.05, 4.69) is 27.7 Å². The molecule has 160 valence electrons. The number of carbonyl (C=O) groups is 3. The molecule has 0 aliphatic carbocycles. The lowest BCUT2D eigenvalue weighted by molar-refractivity contribution is -0.136. The van der Waals surface area contributed by atoms with Gasteiger partial charge in [-0.25, -0.2) is 0 Å². The predicted octanol–water partition coefficient (Wildman–Crippen LogP) is 1.56. The summed E-state index contributed by atoms with van der Waals surface area (Å²) < 4.78 is 0. The first-order chi connectivity index (χ1) is 14.5. The molecule has 5 rings (SSSR count). The van der Waals surface area contributed by atoms with Gasteiger partial charge in [0, 0.05) is 37.2 Å². The highest BCUT2D eigenvalue weighted by Crippen LogP contribution is 2.31. The molecular formula is C23H30N4O3. The molecule has 2 unspecified atom stereocenters. The molecule has 3 fully saturated rings. The molecular weight excluding hydrogens is 380 g/mol. The van der Waals surface area contributed by atoms with Gasteiger partial charge in [0.25, 0.3) is 5.91 Å². The second kappa shape index (κ2) is 7.78. The molecule has 30 heavy (non-hydrogen) atoms. The highest BCUT2D eigenvalue weighted by atomic mass is 16.2. The second-order valence-corrected chi connectivity index (χ2v) is 9.37. The van der Waals surface area contributed by atoms with Gasteiger partial charge in [-0.05, 0) is 62.4 Å². The summed E-state index contributed by atoms with van der Waals surface area (Å²) in [5, 5.41) is 6.16. The van der Waals surface area contributed by atoms with Crippen LogP contribution >= 0.6 is 0 Å². The lowest BCUT2D eigenvalue weighted by Crippen LogP contribution is -2.58. The molecule has 3 amide bonds. The number of fused-ring (bicyclic) bond motifs is 1. The Hall–Kier alpha value is -2.25. The van der Waals surface area contributed by atoms with Crippen LogP contribution in [0.25, 0.3) is 0 Å². The number of imide groups is 1. The first-order valence-corrected chi connectivity index (χ1v) is 11.3. The molecule has 4 heterocycles. The zero-order chi connectivity index (χ0) is 20.7. The van der Waals surface area contributed by atoms with Crippen molar-refractivity contribution in [1.82, 2.24) is 20.4 Å². The predicted molar refractivity (Wildman–Crippen MR) is 112 cm³/mol. The minimum absolute atomic E-state index is 0.102. The Kier molecular flexibility index (Phi) is 5.11. The highest BCUT2D eigenvalue weighted by Gasteiger charge is 2.39. The molecule has 0 saturated carbocycles. The van der Waals surface area contributed by atoms with Gasteiger partial charge < -0.3 is 10.2 Å². The quantitative estimate of drug-likeness (QED) is 0.739. The standard InChI is InChI=1S/C23H30N4O3/c28-20-7-6-19(21(29)25-20)27-14-17-12-16(4-5-18(17)22(27)30)13-26-11-3-9-23(15-26)8-1-2-10-24-23/h4-5,12,19,24H,1-3,6-11,13-15H2,(H,25,28,29). The fourth-order valence-corrected chi connectivity index (χ4v) is 5.73. The Bertz CT molecular complexity index is 872. The number of carbonyl (C=O) groups excluding carboxylic acids is 3. The summed E-state index contributed by atoms with van der Waals surface area (Å²) in [6.45, 7) is 4.67. The van der Waals surface area contributed by atoms with Crippen LogP contribution in [-0.2, 0) is 22.7 Å². The van der Waals surface area contributed by atoms with Crippen LogP contribution in [0.2, 0.25) is 0 Å². The number of rotatable bonds is 3. The lowest BCUT2D eigenvalue weighted by Gasteiger charge is -2.46. The number of likely N-dealkylation sites (tertiary alicyclic amines) is 1.